The van der Waals surface area contributed by atoms with Crippen molar-refractivity contribution in [2.75, 3.05) is 6.79 Å². The summed E-state index contributed by atoms with van der Waals surface area (Å²) in [6.45, 7) is 4.46. The van der Waals surface area contributed by atoms with Crippen LogP contribution >= 0.6 is 0 Å². The van der Waals surface area contributed by atoms with Gasteiger partial charge in [-0.15, -0.1) is 0 Å². The van der Waals surface area contributed by atoms with Crippen molar-refractivity contribution in [2.45, 2.75) is 20.4 Å². The average molecular weight is 350 g/mol. The van der Waals surface area contributed by atoms with Gasteiger partial charge in [0.2, 0.25) is 6.79 Å². The Balaban J connectivity index is 1.44. The molecule has 0 bridgehead atoms. The van der Waals surface area contributed by atoms with E-state index in [2.05, 4.69) is 10.5 Å². The first-order chi connectivity index (χ1) is 12.6. The van der Waals surface area contributed by atoms with Crippen LogP contribution in [0.3, 0.4) is 0 Å². The van der Waals surface area contributed by atoms with E-state index in [0.717, 1.165) is 16.7 Å². The van der Waals surface area contributed by atoms with Crippen molar-refractivity contribution < 1.29 is 18.8 Å². The second-order valence-electron chi connectivity index (χ2n) is 6.31. The summed E-state index contributed by atoms with van der Waals surface area (Å²) in [6, 6.07) is 13.1. The molecule has 0 saturated carbocycles. The van der Waals surface area contributed by atoms with Crippen LogP contribution in [0.15, 0.2) is 47.0 Å². The number of carbonyl (C=O) groups is 1. The van der Waals surface area contributed by atoms with E-state index in [0.29, 0.717) is 35.1 Å². The van der Waals surface area contributed by atoms with Crippen molar-refractivity contribution in [2.24, 2.45) is 0 Å². The van der Waals surface area contributed by atoms with Gasteiger partial charge in [-0.05, 0) is 44.2 Å². The molecule has 0 spiro atoms. The van der Waals surface area contributed by atoms with Crippen LogP contribution in [-0.2, 0) is 6.54 Å². The minimum Gasteiger partial charge on any atom is -0.454 e. The molecule has 4 rings (SSSR count). The number of rotatable bonds is 4. The molecule has 26 heavy (non-hydrogen) atoms. The number of fused-ring (bicyclic) bond motifs is 1. The molecular formula is C20H18N2O4. The molecule has 6 heteroatoms. The second kappa shape index (κ2) is 6.55. The van der Waals surface area contributed by atoms with Gasteiger partial charge in [0, 0.05) is 17.2 Å². The summed E-state index contributed by atoms with van der Waals surface area (Å²) in [5.74, 6) is 1.88. The number of hydrogen-bond donors (Lipinski definition) is 1. The summed E-state index contributed by atoms with van der Waals surface area (Å²) >= 11 is 0. The molecule has 1 N–H and O–H groups in total. The Kier molecular flexibility index (Phi) is 4.08. The van der Waals surface area contributed by atoms with Gasteiger partial charge in [-0.25, -0.2) is 0 Å². The molecule has 0 saturated heterocycles. The monoisotopic (exact) mass is 350 g/mol. The third-order valence-electron chi connectivity index (χ3n) is 4.13. The average Bonchev–Trinajstić information content (AvgIpc) is 3.27. The zero-order valence-electron chi connectivity index (χ0n) is 14.5. The van der Waals surface area contributed by atoms with E-state index < -0.39 is 0 Å². The van der Waals surface area contributed by atoms with Gasteiger partial charge in [-0.3, -0.25) is 4.79 Å². The number of amides is 1. The highest BCUT2D eigenvalue weighted by molar-refractivity contribution is 5.94. The second-order valence-corrected chi connectivity index (χ2v) is 6.31. The molecule has 6 nitrogen and oxygen atoms in total. The van der Waals surface area contributed by atoms with Crippen LogP contribution < -0.4 is 14.8 Å². The van der Waals surface area contributed by atoms with Crippen LogP contribution in [0.5, 0.6) is 11.5 Å². The van der Waals surface area contributed by atoms with Crippen LogP contribution in [0.4, 0.5) is 0 Å². The fourth-order valence-electron chi connectivity index (χ4n) is 2.96. The number of nitrogens with zero attached hydrogens (tertiary/aromatic N) is 1. The number of nitrogens with one attached hydrogen (secondary N) is 1. The number of benzene rings is 2. The third-order valence-corrected chi connectivity index (χ3v) is 4.13. The first kappa shape index (κ1) is 16.2. The van der Waals surface area contributed by atoms with Gasteiger partial charge in [0.1, 0.15) is 5.69 Å². The van der Waals surface area contributed by atoms with Crippen molar-refractivity contribution in [3.05, 3.63) is 64.8 Å². The number of aromatic nitrogens is 1. The summed E-state index contributed by atoms with van der Waals surface area (Å²) < 4.78 is 16.1. The maximum atomic E-state index is 12.3. The molecule has 0 atom stereocenters. The third kappa shape index (κ3) is 3.26. The van der Waals surface area contributed by atoms with E-state index in [9.17, 15) is 4.79 Å². The molecule has 1 aliphatic heterocycles. The molecule has 1 aliphatic rings. The Bertz CT molecular complexity index is 957. The smallest absolute Gasteiger partial charge is 0.251 e. The van der Waals surface area contributed by atoms with Crippen molar-refractivity contribution in [1.29, 1.82) is 0 Å². The number of hydrogen-bond acceptors (Lipinski definition) is 5. The maximum absolute atomic E-state index is 12.3. The lowest BCUT2D eigenvalue weighted by Gasteiger charge is -2.05. The van der Waals surface area contributed by atoms with Crippen LogP contribution in [0.1, 0.15) is 27.2 Å². The lowest BCUT2D eigenvalue weighted by Crippen LogP contribution is -2.23. The first-order valence-corrected chi connectivity index (χ1v) is 8.30. The fraction of sp³-hybridized carbons (Fsp3) is 0.200. The molecule has 2 heterocycles. The molecule has 0 fully saturated rings. The van der Waals surface area contributed by atoms with Gasteiger partial charge >= 0.3 is 0 Å². The van der Waals surface area contributed by atoms with Gasteiger partial charge in [0.25, 0.3) is 5.91 Å². The lowest BCUT2D eigenvalue weighted by atomic mass is 10.1. The number of ether oxygens (including phenoxy) is 2. The van der Waals surface area contributed by atoms with E-state index in [1.165, 1.54) is 0 Å². The molecule has 2 aromatic carbocycles. The van der Waals surface area contributed by atoms with Crippen LogP contribution in [0, 0.1) is 13.8 Å². The lowest BCUT2D eigenvalue weighted by molar-refractivity contribution is 0.0950. The van der Waals surface area contributed by atoms with E-state index in [1.54, 1.807) is 6.07 Å². The highest BCUT2D eigenvalue weighted by Gasteiger charge is 2.16. The highest BCUT2D eigenvalue weighted by Crippen LogP contribution is 2.35. The molecule has 1 aromatic heterocycles. The molecule has 0 aliphatic carbocycles. The Hall–Kier alpha value is -3.28. The van der Waals surface area contributed by atoms with Gasteiger partial charge in [-0.2, -0.15) is 0 Å². The molecule has 0 unspecified atom stereocenters. The van der Waals surface area contributed by atoms with Crippen molar-refractivity contribution >= 4 is 5.91 Å². The van der Waals surface area contributed by atoms with Crippen LogP contribution in [0.2, 0.25) is 0 Å². The van der Waals surface area contributed by atoms with Crippen molar-refractivity contribution in [3.8, 4) is 22.8 Å². The van der Waals surface area contributed by atoms with Gasteiger partial charge in [0.15, 0.2) is 17.3 Å². The zero-order chi connectivity index (χ0) is 18.1. The van der Waals surface area contributed by atoms with Crippen LogP contribution in [0.25, 0.3) is 11.3 Å². The van der Waals surface area contributed by atoms with E-state index in [-0.39, 0.29) is 12.7 Å². The van der Waals surface area contributed by atoms with Crippen molar-refractivity contribution in [3.63, 3.8) is 0 Å². The maximum Gasteiger partial charge on any atom is 0.251 e. The van der Waals surface area contributed by atoms with E-state index in [4.69, 9.17) is 14.0 Å². The first-order valence-electron chi connectivity index (χ1n) is 8.30. The number of aryl methyl sites for hydroxylation is 2. The Morgan fingerprint density at radius 1 is 1.04 bits per heavy atom. The molecule has 3 aromatic rings. The summed E-state index contributed by atoms with van der Waals surface area (Å²) in [4.78, 5) is 12.3. The predicted octanol–water partition coefficient (Wildman–Crippen LogP) is 3.62. The van der Waals surface area contributed by atoms with Crippen molar-refractivity contribution in [1.82, 2.24) is 10.5 Å². The number of carbonyl (C=O) groups excluding carboxylic acids is 1. The molecule has 132 valence electrons. The van der Waals surface area contributed by atoms with E-state index >= 15 is 0 Å². The van der Waals surface area contributed by atoms with Gasteiger partial charge < -0.3 is 19.3 Å². The Morgan fingerprint density at radius 3 is 2.62 bits per heavy atom. The largest absolute Gasteiger partial charge is 0.454 e. The summed E-state index contributed by atoms with van der Waals surface area (Å²) in [6.07, 6.45) is 0. The minimum atomic E-state index is -0.135. The highest BCUT2D eigenvalue weighted by atomic mass is 16.7. The normalized spacial score (nSPS) is 12.2. The standard InChI is InChI=1S/C20H18N2O4/c1-12-5-13(2)7-15(6-12)20(23)21-10-16-9-18(26-22-16)14-3-4-17-19(8-14)25-11-24-17/h3-9H,10-11H2,1-2H3,(H,21,23). The molecular weight excluding hydrogens is 332 g/mol. The Labute approximate surface area is 150 Å². The topological polar surface area (TPSA) is 73.6 Å². The Morgan fingerprint density at radius 2 is 1.81 bits per heavy atom. The predicted molar refractivity (Wildman–Crippen MR) is 95.1 cm³/mol. The molecule has 1 amide bonds. The minimum absolute atomic E-state index is 0.135. The zero-order valence-corrected chi connectivity index (χ0v) is 14.5. The summed E-state index contributed by atoms with van der Waals surface area (Å²) in [7, 11) is 0. The fourth-order valence-corrected chi connectivity index (χ4v) is 2.96. The summed E-state index contributed by atoms with van der Waals surface area (Å²) in [5, 5.41) is 6.90. The molecule has 0 radical (unpaired) electrons. The summed E-state index contributed by atoms with van der Waals surface area (Å²) in [5.41, 5.74) is 4.24. The van der Waals surface area contributed by atoms with E-state index in [1.807, 2.05) is 50.2 Å². The van der Waals surface area contributed by atoms with Crippen LogP contribution in [-0.4, -0.2) is 17.9 Å². The van der Waals surface area contributed by atoms with Gasteiger partial charge in [-0.1, -0.05) is 22.3 Å². The quantitative estimate of drug-likeness (QED) is 0.778. The SMILES string of the molecule is Cc1cc(C)cc(C(=O)NCc2cc(-c3ccc4c(c3)OCO4)on2)c1. The van der Waals surface area contributed by atoms with Gasteiger partial charge in [0.05, 0.1) is 6.54 Å².